The second-order valence-corrected chi connectivity index (χ2v) is 5.68. The number of amides is 2. The largest absolute Gasteiger partial charge is 0.481 e. The van der Waals surface area contributed by atoms with Gasteiger partial charge < -0.3 is 14.9 Å². The zero-order valence-electron chi connectivity index (χ0n) is 11.5. The van der Waals surface area contributed by atoms with E-state index in [1.165, 1.54) is 0 Å². The van der Waals surface area contributed by atoms with Gasteiger partial charge in [0.05, 0.1) is 0 Å². The summed E-state index contributed by atoms with van der Waals surface area (Å²) in [4.78, 5) is 25.0. The van der Waals surface area contributed by atoms with Crippen molar-refractivity contribution in [3.63, 3.8) is 0 Å². The van der Waals surface area contributed by atoms with Crippen LogP contribution in [0.25, 0.3) is 0 Å². The van der Waals surface area contributed by atoms with Gasteiger partial charge in [-0.15, -0.1) is 0 Å². The molecule has 5 nitrogen and oxygen atoms in total. The molecule has 0 aromatic rings. The van der Waals surface area contributed by atoms with E-state index in [9.17, 15) is 31.5 Å². The Morgan fingerprint density at radius 2 is 1.45 bits per heavy atom. The summed E-state index contributed by atoms with van der Waals surface area (Å²) in [5, 5.41) is 8.91. The molecule has 2 aliphatic heterocycles. The third-order valence-electron chi connectivity index (χ3n) is 4.26. The molecule has 126 valence electrons. The monoisotopic (exact) mass is 330 g/mol. The summed E-state index contributed by atoms with van der Waals surface area (Å²) in [5.41, 5.74) is -2.98. The fourth-order valence-corrected chi connectivity index (χ4v) is 2.73. The van der Waals surface area contributed by atoms with Gasteiger partial charge in [0.2, 0.25) is 0 Å². The van der Waals surface area contributed by atoms with Gasteiger partial charge in [-0.2, -0.15) is 13.2 Å². The molecule has 22 heavy (non-hydrogen) atoms. The maximum absolute atomic E-state index is 13.0. The summed E-state index contributed by atoms with van der Waals surface area (Å²) in [6.45, 7) is -1.86. The third kappa shape index (κ3) is 2.82. The highest BCUT2D eigenvalue weighted by Crippen LogP contribution is 2.46. The van der Waals surface area contributed by atoms with E-state index in [0.29, 0.717) is 0 Å². The minimum Gasteiger partial charge on any atom is -0.481 e. The van der Waals surface area contributed by atoms with Crippen LogP contribution in [-0.4, -0.2) is 65.2 Å². The van der Waals surface area contributed by atoms with E-state index in [0.717, 1.165) is 9.80 Å². The maximum Gasteiger partial charge on any atom is 0.406 e. The second-order valence-electron chi connectivity index (χ2n) is 5.68. The lowest BCUT2D eigenvalue weighted by molar-refractivity contribution is -0.227. The Hall–Kier alpha value is -1.61. The number of carboxylic acids is 1. The molecule has 1 atom stereocenters. The van der Waals surface area contributed by atoms with Crippen LogP contribution in [0.15, 0.2) is 0 Å². The van der Waals surface area contributed by atoms with E-state index < -0.39 is 55.3 Å². The summed E-state index contributed by atoms with van der Waals surface area (Å²) in [6, 6.07) is -0.817. The molecular weight excluding hydrogens is 315 g/mol. The molecular formula is C12H15F5N2O3. The third-order valence-corrected chi connectivity index (χ3v) is 4.26. The van der Waals surface area contributed by atoms with Crippen molar-refractivity contribution in [2.75, 3.05) is 26.2 Å². The number of halogens is 5. The van der Waals surface area contributed by atoms with Crippen molar-refractivity contribution in [3.05, 3.63) is 0 Å². The zero-order chi connectivity index (χ0) is 16.8. The highest BCUT2D eigenvalue weighted by molar-refractivity contribution is 5.80. The van der Waals surface area contributed by atoms with Crippen LogP contribution in [0.1, 0.15) is 19.3 Å². The summed E-state index contributed by atoms with van der Waals surface area (Å²) < 4.78 is 65.1. The van der Waals surface area contributed by atoms with Gasteiger partial charge in [-0.05, 0) is 6.42 Å². The van der Waals surface area contributed by atoms with Gasteiger partial charge in [-0.25, -0.2) is 13.6 Å². The highest BCUT2D eigenvalue weighted by Gasteiger charge is 2.64. The van der Waals surface area contributed by atoms with Crippen LogP contribution in [0.3, 0.4) is 0 Å². The number of urea groups is 1. The van der Waals surface area contributed by atoms with Crippen LogP contribution in [-0.2, 0) is 4.79 Å². The molecule has 1 N–H and O–H groups in total. The van der Waals surface area contributed by atoms with Crippen LogP contribution in [0.5, 0.6) is 0 Å². The van der Waals surface area contributed by atoms with Crippen molar-refractivity contribution in [3.8, 4) is 0 Å². The molecule has 0 bridgehead atoms. The van der Waals surface area contributed by atoms with Crippen molar-refractivity contribution in [1.82, 2.24) is 9.80 Å². The average Bonchev–Trinajstić information content (AvgIpc) is 2.83. The van der Waals surface area contributed by atoms with Crippen LogP contribution >= 0.6 is 0 Å². The van der Waals surface area contributed by atoms with Gasteiger partial charge in [-0.1, -0.05) is 0 Å². The van der Waals surface area contributed by atoms with Crippen LogP contribution in [0.4, 0.5) is 26.7 Å². The van der Waals surface area contributed by atoms with Gasteiger partial charge in [0, 0.05) is 39.0 Å². The number of carbonyl (C=O) groups is 2. The van der Waals surface area contributed by atoms with Crippen molar-refractivity contribution >= 4 is 12.0 Å². The van der Waals surface area contributed by atoms with Crippen LogP contribution in [0.2, 0.25) is 0 Å². The van der Waals surface area contributed by atoms with Gasteiger partial charge in [-0.3, -0.25) is 4.79 Å². The SMILES string of the molecule is O=C(N1CCC(F)(F)CC1)N1CCC(C(=O)O)(C(F)(F)F)C1. The maximum atomic E-state index is 13.0. The number of alkyl halides is 5. The number of hydrogen-bond donors (Lipinski definition) is 1. The fraction of sp³-hybridized carbons (Fsp3) is 0.833. The van der Waals surface area contributed by atoms with Gasteiger partial charge >= 0.3 is 18.2 Å². The quantitative estimate of drug-likeness (QED) is 0.750. The van der Waals surface area contributed by atoms with Crippen molar-refractivity contribution in [2.24, 2.45) is 5.41 Å². The summed E-state index contributed by atoms with van der Waals surface area (Å²) in [5.74, 6) is -4.90. The summed E-state index contributed by atoms with van der Waals surface area (Å²) in [7, 11) is 0. The van der Waals surface area contributed by atoms with E-state index in [4.69, 9.17) is 5.11 Å². The van der Waals surface area contributed by atoms with Crippen LogP contribution < -0.4 is 0 Å². The minimum absolute atomic E-state index is 0.256. The molecule has 2 rings (SSSR count). The molecule has 2 saturated heterocycles. The van der Waals surface area contributed by atoms with Gasteiger partial charge in [0.1, 0.15) is 0 Å². The Balaban J connectivity index is 2.06. The molecule has 2 heterocycles. The topological polar surface area (TPSA) is 60.9 Å². The first kappa shape index (κ1) is 16.8. The predicted octanol–water partition coefficient (Wildman–Crippen LogP) is 2.18. The van der Waals surface area contributed by atoms with Gasteiger partial charge in [0.25, 0.3) is 5.92 Å². The second kappa shape index (κ2) is 5.24. The number of carboxylic acid groups (broad SMARTS) is 1. The minimum atomic E-state index is -4.98. The Labute approximate surface area is 122 Å². The van der Waals surface area contributed by atoms with Crippen LogP contribution in [0, 0.1) is 5.41 Å². The fourth-order valence-electron chi connectivity index (χ4n) is 2.73. The first-order valence-electron chi connectivity index (χ1n) is 6.70. The lowest BCUT2D eigenvalue weighted by Gasteiger charge is -2.35. The normalized spacial score (nSPS) is 28.8. The number of carbonyl (C=O) groups excluding carboxylic acids is 1. The molecule has 0 aliphatic carbocycles. The number of likely N-dealkylation sites (tertiary alicyclic amines) is 2. The van der Waals surface area contributed by atoms with Crippen molar-refractivity contribution < 1.29 is 36.6 Å². The Bertz CT molecular complexity index is 472. The van der Waals surface area contributed by atoms with Crippen molar-refractivity contribution in [1.29, 1.82) is 0 Å². The Morgan fingerprint density at radius 1 is 0.955 bits per heavy atom. The first-order valence-corrected chi connectivity index (χ1v) is 6.70. The lowest BCUT2D eigenvalue weighted by Crippen LogP contribution is -2.51. The molecule has 0 spiro atoms. The molecule has 0 aromatic carbocycles. The molecule has 2 amide bonds. The average molecular weight is 330 g/mol. The standard InChI is InChI=1S/C12H15F5N2O3/c13-11(14)2-5-18(6-3-11)9(22)19-4-1-10(7-19,8(20)21)12(15,16)17/h1-7H2,(H,20,21). The molecule has 10 heteroatoms. The number of aliphatic carboxylic acids is 1. The van der Waals surface area contributed by atoms with E-state index in [1.54, 1.807) is 0 Å². The highest BCUT2D eigenvalue weighted by atomic mass is 19.4. The molecule has 1 unspecified atom stereocenters. The first-order chi connectivity index (χ1) is 9.98. The molecule has 2 fully saturated rings. The zero-order valence-corrected chi connectivity index (χ0v) is 11.5. The van der Waals surface area contributed by atoms with Crippen molar-refractivity contribution in [2.45, 2.75) is 31.4 Å². The number of rotatable bonds is 1. The molecule has 0 aromatic heterocycles. The summed E-state index contributed by atoms with van der Waals surface area (Å²) >= 11 is 0. The molecule has 0 radical (unpaired) electrons. The molecule has 2 aliphatic rings. The Kier molecular flexibility index (Phi) is 3.99. The lowest BCUT2D eigenvalue weighted by atomic mass is 9.86. The summed E-state index contributed by atoms with van der Waals surface area (Å²) in [6.07, 6.45) is -6.81. The van der Waals surface area contributed by atoms with Gasteiger partial charge in [0.15, 0.2) is 5.41 Å². The Morgan fingerprint density at radius 3 is 1.86 bits per heavy atom. The predicted molar refractivity (Wildman–Crippen MR) is 63.5 cm³/mol. The van der Waals surface area contributed by atoms with E-state index in [1.807, 2.05) is 0 Å². The van der Waals surface area contributed by atoms with E-state index >= 15 is 0 Å². The van der Waals surface area contributed by atoms with E-state index in [2.05, 4.69) is 0 Å². The molecule has 0 saturated carbocycles. The number of nitrogens with zero attached hydrogens (tertiary/aromatic N) is 2. The smallest absolute Gasteiger partial charge is 0.406 e. The number of hydrogen-bond acceptors (Lipinski definition) is 2. The van der Waals surface area contributed by atoms with E-state index in [-0.39, 0.29) is 19.6 Å². The number of piperidine rings is 1.